The van der Waals surface area contributed by atoms with E-state index < -0.39 is 0 Å². The van der Waals surface area contributed by atoms with Crippen molar-refractivity contribution in [1.29, 1.82) is 0 Å². The van der Waals surface area contributed by atoms with Gasteiger partial charge in [-0.1, -0.05) is 60.7 Å². The highest BCUT2D eigenvalue weighted by molar-refractivity contribution is 6.06. The average molecular weight is 238 g/mol. The number of aliphatic hydroxyl groups is 1. The fourth-order valence-electron chi connectivity index (χ4n) is 1.70. The maximum absolute atomic E-state index is 11.9. The topological polar surface area (TPSA) is 37.3 Å². The molecule has 0 bridgehead atoms. The molecule has 0 aliphatic rings. The van der Waals surface area contributed by atoms with Crippen LogP contribution in [0.25, 0.3) is 6.08 Å². The molecular formula is C16H14O2. The molecule has 2 heteroatoms. The minimum Gasteiger partial charge on any atom is -0.392 e. The molecule has 2 aromatic rings. The monoisotopic (exact) mass is 238 g/mol. The van der Waals surface area contributed by atoms with Gasteiger partial charge < -0.3 is 5.11 Å². The van der Waals surface area contributed by atoms with Gasteiger partial charge in [0.1, 0.15) is 0 Å². The van der Waals surface area contributed by atoms with Crippen LogP contribution in [-0.2, 0) is 6.61 Å². The van der Waals surface area contributed by atoms with Gasteiger partial charge in [0.2, 0.25) is 0 Å². The van der Waals surface area contributed by atoms with Crippen LogP contribution in [0.4, 0.5) is 0 Å². The van der Waals surface area contributed by atoms with Crippen LogP contribution < -0.4 is 0 Å². The van der Waals surface area contributed by atoms with Gasteiger partial charge in [-0.2, -0.15) is 0 Å². The van der Waals surface area contributed by atoms with Crippen molar-refractivity contribution < 1.29 is 9.90 Å². The maximum atomic E-state index is 11.9. The first kappa shape index (κ1) is 12.3. The van der Waals surface area contributed by atoms with E-state index in [4.69, 9.17) is 0 Å². The van der Waals surface area contributed by atoms with E-state index in [9.17, 15) is 9.90 Å². The smallest absolute Gasteiger partial charge is 0.185 e. The van der Waals surface area contributed by atoms with Gasteiger partial charge in [0, 0.05) is 5.56 Å². The normalized spacial score (nSPS) is 10.7. The average Bonchev–Trinajstić information content (AvgIpc) is 2.46. The molecule has 0 unspecified atom stereocenters. The molecule has 0 saturated heterocycles. The number of ketones is 1. The molecule has 0 amide bonds. The van der Waals surface area contributed by atoms with Crippen molar-refractivity contribution in [3.8, 4) is 0 Å². The number of aliphatic hydroxyl groups excluding tert-OH is 1. The summed E-state index contributed by atoms with van der Waals surface area (Å²) in [6.45, 7) is -0.0277. The quantitative estimate of drug-likeness (QED) is 0.656. The third kappa shape index (κ3) is 2.93. The number of benzene rings is 2. The fourth-order valence-corrected chi connectivity index (χ4v) is 1.70. The molecule has 0 aliphatic carbocycles. The Hall–Kier alpha value is -2.19. The highest BCUT2D eigenvalue weighted by Gasteiger charge is 2.01. The van der Waals surface area contributed by atoms with E-state index in [0.717, 1.165) is 11.1 Å². The summed E-state index contributed by atoms with van der Waals surface area (Å²) in [4.78, 5) is 11.9. The molecule has 0 aromatic heterocycles. The first-order valence-electron chi connectivity index (χ1n) is 5.77. The Labute approximate surface area is 106 Å². The molecule has 0 heterocycles. The molecule has 90 valence electrons. The van der Waals surface area contributed by atoms with Gasteiger partial charge in [-0.05, 0) is 17.2 Å². The van der Waals surface area contributed by atoms with Crippen molar-refractivity contribution in [2.45, 2.75) is 6.61 Å². The molecule has 2 nitrogen and oxygen atoms in total. The van der Waals surface area contributed by atoms with Crippen molar-refractivity contribution in [2.75, 3.05) is 0 Å². The third-order valence-electron chi connectivity index (χ3n) is 2.70. The highest BCUT2D eigenvalue weighted by Crippen LogP contribution is 2.11. The van der Waals surface area contributed by atoms with Gasteiger partial charge in [0.05, 0.1) is 6.61 Å². The lowest BCUT2D eigenvalue weighted by Gasteiger charge is -2.01. The predicted octanol–water partition coefficient (Wildman–Crippen LogP) is 3.08. The van der Waals surface area contributed by atoms with Crippen LogP contribution in [0, 0.1) is 0 Å². The lowest BCUT2D eigenvalue weighted by atomic mass is 10.1. The molecule has 2 aromatic carbocycles. The molecule has 2 rings (SSSR count). The van der Waals surface area contributed by atoms with Crippen molar-refractivity contribution >= 4 is 11.9 Å². The Kier molecular flexibility index (Phi) is 4.05. The van der Waals surface area contributed by atoms with Crippen molar-refractivity contribution in [1.82, 2.24) is 0 Å². The summed E-state index contributed by atoms with van der Waals surface area (Å²) < 4.78 is 0. The van der Waals surface area contributed by atoms with E-state index in [1.165, 1.54) is 6.08 Å². The van der Waals surface area contributed by atoms with Crippen LogP contribution in [0.15, 0.2) is 60.7 Å². The summed E-state index contributed by atoms with van der Waals surface area (Å²) >= 11 is 0. The Morgan fingerprint density at radius 3 is 2.39 bits per heavy atom. The van der Waals surface area contributed by atoms with E-state index >= 15 is 0 Å². The molecule has 0 atom stereocenters. The molecule has 0 saturated carbocycles. The fraction of sp³-hybridized carbons (Fsp3) is 0.0625. The van der Waals surface area contributed by atoms with Gasteiger partial charge in [-0.25, -0.2) is 0 Å². The number of rotatable bonds is 4. The zero-order chi connectivity index (χ0) is 12.8. The standard InChI is InChI=1S/C16H14O2/c17-12-15-9-5-4-6-13(15)10-11-16(18)14-7-2-1-3-8-14/h1-11,17H,12H2/b11-10+. The molecule has 0 aliphatic heterocycles. The van der Waals surface area contributed by atoms with E-state index in [-0.39, 0.29) is 12.4 Å². The Balaban J connectivity index is 2.19. The first-order valence-corrected chi connectivity index (χ1v) is 5.77. The SMILES string of the molecule is O=C(/C=C/c1ccccc1CO)c1ccccc1. The Bertz CT molecular complexity index is 556. The largest absolute Gasteiger partial charge is 0.392 e. The van der Waals surface area contributed by atoms with Gasteiger partial charge in [0.15, 0.2) is 5.78 Å². The van der Waals surface area contributed by atoms with Crippen LogP contribution >= 0.6 is 0 Å². The Morgan fingerprint density at radius 2 is 1.67 bits per heavy atom. The summed E-state index contributed by atoms with van der Waals surface area (Å²) in [7, 11) is 0. The molecule has 18 heavy (non-hydrogen) atoms. The second kappa shape index (κ2) is 5.94. The number of hydrogen-bond acceptors (Lipinski definition) is 2. The van der Waals surface area contributed by atoms with Crippen molar-refractivity contribution in [3.63, 3.8) is 0 Å². The first-order chi connectivity index (χ1) is 8.81. The summed E-state index contributed by atoms with van der Waals surface area (Å²) in [5.41, 5.74) is 2.34. The van der Waals surface area contributed by atoms with Crippen molar-refractivity contribution in [3.05, 3.63) is 77.4 Å². The number of hydrogen-bond donors (Lipinski definition) is 1. The van der Waals surface area contributed by atoms with Gasteiger partial charge in [-0.15, -0.1) is 0 Å². The summed E-state index contributed by atoms with van der Waals surface area (Å²) in [6, 6.07) is 16.6. The second-order valence-corrected chi connectivity index (χ2v) is 3.92. The van der Waals surface area contributed by atoms with Gasteiger partial charge >= 0.3 is 0 Å². The summed E-state index contributed by atoms with van der Waals surface area (Å²) in [6.07, 6.45) is 3.27. The van der Waals surface area contributed by atoms with E-state index in [0.29, 0.717) is 5.56 Å². The lowest BCUT2D eigenvalue weighted by Crippen LogP contribution is -1.93. The summed E-state index contributed by atoms with van der Waals surface area (Å²) in [5.74, 6) is -0.0386. The molecular weight excluding hydrogens is 224 g/mol. The Morgan fingerprint density at radius 1 is 1.00 bits per heavy atom. The molecule has 1 N–H and O–H groups in total. The molecule has 0 radical (unpaired) electrons. The zero-order valence-electron chi connectivity index (χ0n) is 9.91. The lowest BCUT2D eigenvalue weighted by molar-refractivity contribution is 0.104. The van der Waals surface area contributed by atoms with E-state index in [1.54, 1.807) is 18.2 Å². The van der Waals surface area contributed by atoms with Crippen LogP contribution in [0.2, 0.25) is 0 Å². The zero-order valence-corrected chi connectivity index (χ0v) is 9.91. The number of carbonyl (C=O) groups is 1. The van der Waals surface area contributed by atoms with Gasteiger partial charge in [0.25, 0.3) is 0 Å². The van der Waals surface area contributed by atoms with Crippen LogP contribution in [-0.4, -0.2) is 10.9 Å². The van der Waals surface area contributed by atoms with Crippen molar-refractivity contribution in [2.24, 2.45) is 0 Å². The van der Waals surface area contributed by atoms with E-state index in [2.05, 4.69) is 0 Å². The minimum absolute atomic E-state index is 0.0277. The molecule has 0 fully saturated rings. The minimum atomic E-state index is -0.0386. The van der Waals surface area contributed by atoms with Crippen LogP contribution in [0.3, 0.4) is 0 Å². The van der Waals surface area contributed by atoms with Crippen LogP contribution in [0.5, 0.6) is 0 Å². The second-order valence-electron chi connectivity index (χ2n) is 3.92. The summed E-state index contributed by atoms with van der Waals surface area (Å²) in [5, 5.41) is 9.18. The van der Waals surface area contributed by atoms with E-state index in [1.807, 2.05) is 42.5 Å². The number of carbonyl (C=O) groups excluding carboxylic acids is 1. The van der Waals surface area contributed by atoms with Crippen LogP contribution in [0.1, 0.15) is 21.5 Å². The van der Waals surface area contributed by atoms with Gasteiger partial charge in [-0.3, -0.25) is 4.79 Å². The highest BCUT2D eigenvalue weighted by atomic mass is 16.3. The number of allylic oxidation sites excluding steroid dienone is 1. The third-order valence-corrected chi connectivity index (χ3v) is 2.70. The predicted molar refractivity (Wildman–Crippen MR) is 72.2 cm³/mol. The maximum Gasteiger partial charge on any atom is 0.185 e. The molecule has 0 spiro atoms.